The molecule has 1 amide bonds. The molecule has 3 rings (SSSR count). The van der Waals surface area contributed by atoms with Crippen LogP contribution in [0, 0.1) is 11.6 Å². The predicted octanol–water partition coefficient (Wildman–Crippen LogP) is 4.39. The zero-order valence-electron chi connectivity index (χ0n) is 15.1. The summed E-state index contributed by atoms with van der Waals surface area (Å²) in [6.45, 7) is 4.51. The van der Waals surface area contributed by atoms with E-state index in [1.807, 2.05) is 4.90 Å². The third kappa shape index (κ3) is 5.17. The van der Waals surface area contributed by atoms with Crippen LogP contribution in [-0.4, -0.2) is 36.5 Å². The maximum absolute atomic E-state index is 13.7. The lowest BCUT2D eigenvalue weighted by atomic mass is 10.1. The van der Waals surface area contributed by atoms with Gasteiger partial charge in [0.05, 0.1) is 0 Å². The number of nitrogens with one attached hydrogen (secondary N) is 1. The Hall–Kier alpha value is -2.18. The maximum Gasteiger partial charge on any atom is 0.254 e. The van der Waals surface area contributed by atoms with Crippen molar-refractivity contribution in [1.82, 2.24) is 10.2 Å². The number of carbonyl (C=O) groups is 1. The van der Waals surface area contributed by atoms with E-state index < -0.39 is 11.6 Å². The summed E-state index contributed by atoms with van der Waals surface area (Å²) in [6, 6.07) is 9.93. The van der Waals surface area contributed by atoms with Crippen molar-refractivity contribution in [2.75, 3.05) is 19.6 Å². The monoisotopic (exact) mass is 396 g/mol. The Balaban J connectivity index is 0.00000261. The second kappa shape index (κ2) is 9.67. The number of ether oxygens (including phenoxy) is 1. The molecule has 0 spiro atoms. The first kappa shape index (κ1) is 21.1. The van der Waals surface area contributed by atoms with Crippen molar-refractivity contribution in [2.45, 2.75) is 25.8 Å². The molecule has 1 heterocycles. The van der Waals surface area contributed by atoms with Gasteiger partial charge < -0.3 is 15.0 Å². The molecule has 1 N–H and O–H groups in total. The van der Waals surface area contributed by atoms with Crippen molar-refractivity contribution in [2.24, 2.45) is 0 Å². The molecule has 27 heavy (non-hydrogen) atoms. The zero-order valence-corrected chi connectivity index (χ0v) is 15.9. The van der Waals surface area contributed by atoms with Gasteiger partial charge in [0.1, 0.15) is 11.6 Å². The number of rotatable bonds is 6. The Labute approximate surface area is 163 Å². The number of nitrogens with zero attached hydrogens (tertiary/aromatic N) is 1. The van der Waals surface area contributed by atoms with Gasteiger partial charge in [0, 0.05) is 30.8 Å². The molecule has 1 aliphatic rings. The van der Waals surface area contributed by atoms with Crippen molar-refractivity contribution in [3.63, 3.8) is 0 Å². The fraction of sp³-hybridized carbons (Fsp3) is 0.350. The highest BCUT2D eigenvalue weighted by molar-refractivity contribution is 5.94. The van der Waals surface area contributed by atoms with Crippen molar-refractivity contribution >= 4 is 18.3 Å². The molecule has 0 radical (unpaired) electrons. The van der Waals surface area contributed by atoms with E-state index in [1.54, 1.807) is 24.3 Å². The van der Waals surface area contributed by atoms with Crippen LogP contribution in [0.3, 0.4) is 0 Å². The number of benzene rings is 2. The quantitative estimate of drug-likeness (QED) is 0.787. The first-order valence-corrected chi connectivity index (χ1v) is 8.83. The topological polar surface area (TPSA) is 41.6 Å². The van der Waals surface area contributed by atoms with Gasteiger partial charge in [-0.3, -0.25) is 4.79 Å². The van der Waals surface area contributed by atoms with Crippen LogP contribution in [0.5, 0.6) is 11.5 Å². The molecule has 1 aliphatic heterocycles. The molecular weight excluding hydrogens is 374 g/mol. The van der Waals surface area contributed by atoms with Crippen LogP contribution in [-0.2, 0) is 0 Å². The molecule has 0 saturated carbocycles. The van der Waals surface area contributed by atoms with Gasteiger partial charge in [-0.15, -0.1) is 12.4 Å². The summed E-state index contributed by atoms with van der Waals surface area (Å²) in [6.07, 6.45) is 1.85. The third-order valence-corrected chi connectivity index (χ3v) is 4.42. The number of carbonyl (C=O) groups excluding carboxylic acids is 1. The molecule has 1 fully saturated rings. The summed E-state index contributed by atoms with van der Waals surface area (Å²) in [7, 11) is 0. The van der Waals surface area contributed by atoms with Crippen LogP contribution in [0.2, 0.25) is 0 Å². The molecule has 2 aromatic carbocycles. The third-order valence-electron chi connectivity index (χ3n) is 4.42. The smallest absolute Gasteiger partial charge is 0.254 e. The predicted molar refractivity (Wildman–Crippen MR) is 103 cm³/mol. The van der Waals surface area contributed by atoms with E-state index in [4.69, 9.17) is 4.74 Å². The summed E-state index contributed by atoms with van der Waals surface area (Å²) in [5, 5.41) is 3.29. The van der Waals surface area contributed by atoms with Gasteiger partial charge in [-0.2, -0.15) is 0 Å². The molecule has 7 heteroatoms. The van der Waals surface area contributed by atoms with Crippen LogP contribution in [0.4, 0.5) is 8.78 Å². The van der Waals surface area contributed by atoms with Crippen LogP contribution in [0.15, 0.2) is 42.5 Å². The number of hydrogen-bond acceptors (Lipinski definition) is 3. The first-order chi connectivity index (χ1) is 12.6. The minimum atomic E-state index is -0.770. The molecule has 0 bridgehead atoms. The summed E-state index contributed by atoms with van der Waals surface area (Å²) in [5.74, 6) is -1.12. The minimum Gasteiger partial charge on any atom is -0.454 e. The van der Waals surface area contributed by atoms with Crippen molar-refractivity contribution in [3.8, 4) is 11.5 Å². The summed E-state index contributed by atoms with van der Waals surface area (Å²) in [5.41, 5.74) is 0.567. The van der Waals surface area contributed by atoms with Crippen molar-refractivity contribution < 1.29 is 18.3 Å². The van der Waals surface area contributed by atoms with Crippen LogP contribution < -0.4 is 10.1 Å². The van der Waals surface area contributed by atoms with Crippen LogP contribution in [0.1, 0.15) is 30.1 Å². The molecular formula is C20H23ClF2N2O2. The van der Waals surface area contributed by atoms with Gasteiger partial charge in [-0.25, -0.2) is 8.78 Å². The molecule has 0 aliphatic carbocycles. The van der Waals surface area contributed by atoms with E-state index in [9.17, 15) is 13.6 Å². The average Bonchev–Trinajstić information content (AvgIpc) is 3.16. The lowest BCUT2D eigenvalue weighted by Gasteiger charge is -2.28. The summed E-state index contributed by atoms with van der Waals surface area (Å²) < 4.78 is 32.1. The highest BCUT2D eigenvalue weighted by atomic mass is 35.5. The standard InChI is InChI=1S/C20H22F2N2O2.ClH/c1-2-11-24(16-9-10-23-13-16)20(25)14-3-6-17(7-4-14)26-19-8-5-15(21)12-18(19)22;/h3-8,12,16,23H,2,9-11,13H2,1H3;1H. The molecule has 1 saturated heterocycles. The molecule has 4 nitrogen and oxygen atoms in total. The fourth-order valence-electron chi connectivity index (χ4n) is 3.11. The zero-order chi connectivity index (χ0) is 18.5. The van der Waals surface area contributed by atoms with Gasteiger partial charge >= 0.3 is 0 Å². The van der Waals surface area contributed by atoms with Crippen molar-refractivity contribution in [3.05, 3.63) is 59.7 Å². The molecule has 1 unspecified atom stereocenters. The minimum absolute atomic E-state index is 0. The van der Waals surface area contributed by atoms with E-state index in [-0.39, 0.29) is 30.1 Å². The Bertz CT molecular complexity index is 765. The number of hydrogen-bond donors (Lipinski definition) is 1. The van der Waals surface area contributed by atoms with Gasteiger partial charge in [0.2, 0.25) is 0 Å². The first-order valence-electron chi connectivity index (χ1n) is 8.83. The number of amides is 1. The van der Waals surface area contributed by atoms with E-state index in [0.717, 1.165) is 38.1 Å². The Morgan fingerprint density at radius 1 is 1.22 bits per heavy atom. The lowest BCUT2D eigenvalue weighted by molar-refractivity contribution is 0.0692. The molecule has 2 aromatic rings. The normalized spacial score (nSPS) is 15.9. The molecule has 1 atom stereocenters. The highest BCUT2D eigenvalue weighted by Gasteiger charge is 2.26. The van der Waals surface area contributed by atoms with Gasteiger partial charge in [0.25, 0.3) is 5.91 Å². The fourth-order valence-corrected chi connectivity index (χ4v) is 3.11. The lowest BCUT2D eigenvalue weighted by Crippen LogP contribution is -2.42. The van der Waals surface area contributed by atoms with Crippen LogP contribution >= 0.6 is 12.4 Å². The van der Waals surface area contributed by atoms with E-state index in [0.29, 0.717) is 17.9 Å². The van der Waals surface area contributed by atoms with Crippen molar-refractivity contribution in [1.29, 1.82) is 0 Å². The van der Waals surface area contributed by atoms with Crippen LogP contribution in [0.25, 0.3) is 0 Å². The van der Waals surface area contributed by atoms with E-state index >= 15 is 0 Å². The average molecular weight is 397 g/mol. The Morgan fingerprint density at radius 2 is 1.96 bits per heavy atom. The van der Waals surface area contributed by atoms with Gasteiger partial charge in [0.15, 0.2) is 11.6 Å². The SMILES string of the molecule is CCCN(C(=O)c1ccc(Oc2ccc(F)cc2F)cc1)C1CCNC1.Cl. The second-order valence-electron chi connectivity index (χ2n) is 6.35. The van der Waals surface area contributed by atoms with Gasteiger partial charge in [-0.05, 0) is 55.8 Å². The van der Waals surface area contributed by atoms with E-state index in [1.165, 1.54) is 6.07 Å². The summed E-state index contributed by atoms with van der Waals surface area (Å²) in [4.78, 5) is 14.8. The van der Waals surface area contributed by atoms with Gasteiger partial charge in [-0.1, -0.05) is 6.92 Å². The highest BCUT2D eigenvalue weighted by Crippen LogP contribution is 2.25. The second-order valence-corrected chi connectivity index (χ2v) is 6.35. The van der Waals surface area contributed by atoms with E-state index in [2.05, 4.69) is 12.2 Å². The molecule has 0 aromatic heterocycles. The largest absolute Gasteiger partial charge is 0.454 e. The summed E-state index contributed by atoms with van der Waals surface area (Å²) >= 11 is 0. The maximum atomic E-state index is 13.7. The Morgan fingerprint density at radius 3 is 2.56 bits per heavy atom. The molecule has 146 valence electrons. The Kier molecular flexibility index (Phi) is 7.56. The number of halogens is 3.